The molecule has 14 heavy (non-hydrogen) atoms. The van der Waals surface area contributed by atoms with Crippen LogP contribution < -0.4 is 0 Å². The van der Waals surface area contributed by atoms with Crippen molar-refractivity contribution in [2.24, 2.45) is 0 Å². The van der Waals surface area contributed by atoms with Crippen molar-refractivity contribution in [3.63, 3.8) is 0 Å². The highest BCUT2D eigenvalue weighted by Gasteiger charge is 2.10. The highest BCUT2D eigenvalue weighted by Crippen LogP contribution is 2.31. The lowest BCUT2D eigenvalue weighted by molar-refractivity contribution is 0.696. The number of hydrogen-bond donors (Lipinski definition) is 0. The van der Waals surface area contributed by atoms with Crippen LogP contribution in [0, 0.1) is 0 Å². The molecule has 1 aliphatic rings. The fourth-order valence-corrected chi connectivity index (χ4v) is 4.66. The summed E-state index contributed by atoms with van der Waals surface area (Å²) in [7, 11) is 0. The molecule has 0 radical (unpaired) electrons. The van der Waals surface area contributed by atoms with E-state index in [0.717, 1.165) is 4.58 Å². The molecule has 0 N–H and O–H groups in total. The Morgan fingerprint density at radius 2 is 1.57 bits per heavy atom. The van der Waals surface area contributed by atoms with E-state index in [4.69, 9.17) is 0 Å². The van der Waals surface area contributed by atoms with Crippen LogP contribution in [-0.2, 0) is 0 Å². The summed E-state index contributed by atoms with van der Waals surface area (Å²) < 4.78 is 0.916. The van der Waals surface area contributed by atoms with Crippen LogP contribution in [0.25, 0.3) is 0 Å². The van der Waals surface area contributed by atoms with E-state index in [2.05, 4.69) is 30.4 Å². The maximum absolute atomic E-state index is 2.30. The molecule has 0 unspecified atom stereocenters. The van der Waals surface area contributed by atoms with Gasteiger partial charge in [-0.2, -0.15) is 0 Å². The van der Waals surface area contributed by atoms with E-state index >= 15 is 0 Å². The van der Waals surface area contributed by atoms with Gasteiger partial charge in [0.05, 0.1) is 4.58 Å². The van der Waals surface area contributed by atoms with Crippen LogP contribution in [0.4, 0.5) is 0 Å². The summed E-state index contributed by atoms with van der Waals surface area (Å²) in [5, 5.41) is 0. The van der Waals surface area contributed by atoms with Gasteiger partial charge in [-0.3, -0.25) is 0 Å². The topological polar surface area (TPSA) is 0 Å². The summed E-state index contributed by atoms with van der Waals surface area (Å²) in [4.78, 5) is 0. The highest BCUT2D eigenvalue weighted by atomic mass is 32.2. The molecule has 2 heteroatoms. The van der Waals surface area contributed by atoms with Gasteiger partial charge < -0.3 is 0 Å². The third-order valence-corrected chi connectivity index (χ3v) is 5.77. The minimum atomic E-state index is 0.916. The Hall–Kier alpha value is 0.700. The number of thioether (sulfide) groups is 2. The first-order chi connectivity index (χ1) is 6.93. The van der Waals surface area contributed by atoms with E-state index in [-0.39, 0.29) is 0 Å². The van der Waals surface area contributed by atoms with Crippen LogP contribution in [-0.4, -0.2) is 16.1 Å². The standard InChI is InChI=1S/C12H24S2/c1-2-3-6-9-12-13-10-7-4-5-8-11-14-12/h12H,2-11H2,1H3. The SMILES string of the molecule is CCCCCC1SCCCCCCS1. The third kappa shape index (κ3) is 6.23. The molecule has 1 heterocycles. The van der Waals surface area contributed by atoms with Gasteiger partial charge in [-0.15, -0.1) is 23.5 Å². The molecule has 0 atom stereocenters. The van der Waals surface area contributed by atoms with Gasteiger partial charge in [-0.25, -0.2) is 0 Å². The van der Waals surface area contributed by atoms with Gasteiger partial charge in [0, 0.05) is 0 Å². The van der Waals surface area contributed by atoms with Crippen molar-refractivity contribution in [1.29, 1.82) is 0 Å². The second kappa shape index (κ2) is 8.96. The van der Waals surface area contributed by atoms with Gasteiger partial charge in [0.15, 0.2) is 0 Å². The minimum absolute atomic E-state index is 0.916. The predicted octanol–water partition coefficient (Wildman–Crippen LogP) is 4.93. The zero-order chi connectivity index (χ0) is 10.1. The zero-order valence-electron chi connectivity index (χ0n) is 9.46. The Morgan fingerprint density at radius 1 is 0.929 bits per heavy atom. The first kappa shape index (κ1) is 12.8. The van der Waals surface area contributed by atoms with Gasteiger partial charge in [0.2, 0.25) is 0 Å². The predicted molar refractivity (Wildman–Crippen MR) is 71.3 cm³/mol. The lowest BCUT2D eigenvalue weighted by Crippen LogP contribution is -1.99. The second-order valence-corrected chi connectivity index (χ2v) is 7.00. The lowest BCUT2D eigenvalue weighted by Gasteiger charge is -2.14. The van der Waals surface area contributed by atoms with E-state index in [9.17, 15) is 0 Å². The molecule has 1 rings (SSSR count). The van der Waals surface area contributed by atoms with Gasteiger partial charge in [-0.05, 0) is 30.8 Å². The van der Waals surface area contributed by atoms with Crippen LogP contribution in [0.15, 0.2) is 0 Å². The summed E-state index contributed by atoms with van der Waals surface area (Å²) in [6.07, 6.45) is 11.5. The summed E-state index contributed by atoms with van der Waals surface area (Å²) in [6.45, 7) is 2.30. The monoisotopic (exact) mass is 232 g/mol. The Morgan fingerprint density at radius 3 is 2.14 bits per heavy atom. The van der Waals surface area contributed by atoms with E-state index in [1.807, 2.05) is 0 Å². The Kier molecular flexibility index (Phi) is 8.18. The minimum Gasteiger partial charge on any atom is -0.148 e. The zero-order valence-corrected chi connectivity index (χ0v) is 11.1. The summed E-state index contributed by atoms with van der Waals surface area (Å²) in [5.41, 5.74) is 0. The Bertz CT molecular complexity index is 115. The molecule has 0 aromatic heterocycles. The Labute approximate surface area is 98.0 Å². The number of hydrogen-bond acceptors (Lipinski definition) is 2. The lowest BCUT2D eigenvalue weighted by atomic mass is 10.2. The van der Waals surface area contributed by atoms with Crippen LogP contribution in [0.2, 0.25) is 0 Å². The van der Waals surface area contributed by atoms with Crippen molar-refractivity contribution in [3.8, 4) is 0 Å². The highest BCUT2D eigenvalue weighted by molar-refractivity contribution is 8.17. The number of unbranched alkanes of at least 4 members (excludes halogenated alkanes) is 2. The van der Waals surface area contributed by atoms with E-state index in [1.165, 1.54) is 62.9 Å². The average Bonchev–Trinajstić information content (AvgIpc) is 2.32. The molecule has 0 saturated carbocycles. The molecule has 1 fully saturated rings. The molecule has 0 aromatic carbocycles. The maximum Gasteiger partial charge on any atom is 0.0502 e. The average molecular weight is 232 g/mol. The summed E-state index contributed by atoms with van der Waals surface area (Å²) in [6, 6.07) is 0. The van der Waals surface area contributed by atoms with Crippen molar-refractivity contribution in [3.05, 3.63) is 0 Å². The molecule has 0 aromatic rings. The van der Waals surface area contributed by atoms with Crippen molar-refractivity contribution in [1.82, 2.24) is 0 Å². The smallest absolute Gasteiger partial charge is 0.0502 e. The molecule has 0 spiro atoms. The van der Waals surface area contributed by atoms with Crippen LogP contribution in [0.1, 0.15) is 58.3 Å². The second-order valence-electron chi connectivity index (χ2n) is 4.08. The molecule has 0 amide bonds. The quantitative estimate of drug-likeness (QED) is 0.630. The molecule has 84 valence electrons. The van der Waals surface area contributed by atoms with E-state index in [0.29, 0.717) is 0 Å². The van der Waals surface area contributed by atoms with Gasteiger partial charge in [-0.1, -0.05) is 39.0 Å². The summed E-state index contributed by atoms with van der Waals surface area (Å²) in [5.74, 6) is 2.81. The Balaban J connectivity index is 2.12. The molecular weight excluding hydrogens is 208 g/mol. The molecule has 0 nitrogen and oxygen atoms in total. The van der Waals surface area contributed by atoms with Crippen molar-refractivity contribution in [2.75, 3.05) is 11.5 Å². The van der Waals surface area contributed by atoms with Crippen LogP contribution in [0.5, 0.6) is 0 Å². The maximum atomic E-state index is 2.30. The molecule has 0 aliphatic carbocycles. The molecule has 0 bridgehead atoms. The molecular formula is C12H24S2. The van der Waals surface area contributed by atoms with Crippen LogP contribution in [0.3, 0.4) is 0 Å². The third-order valence-electron chi connectivity index (χ3n) is 2.69. The van der Waals surface area contributed by atoms with Crippen LogP contribution >= 0.6 is 23.5 Å². The fourth-order valence-electron chi connectivity index (χ4n) is 1.76. The first-order valence-electron chi connectivity index (χ1n) is 6.16. The fraction of sp³-hybridized carbons (Fsp3) is 1.00. The van der Waals surface area contributed by atoms with Gasteiger partial charge in [0.25, 0.3) is 0 Å². The number of rotatable bonds is 4. The normalized spacial score (nSPS) is 21.2. The molecule has 1 saturated heterocycles. The van der Waals surface area contributed by atoms with Gasteiger partial charge >= 0.3 is 0 Å². The largest absolute Gasteiger partial charge is 0.148 e. The van der Waals surface area contributed by atoms with Crippen molar-refractivity contribution in [2.45, 2.75) is 62.9 Å². The van der Waals surface area contributed by atoms with Gasteiger partial charge in [0.1, 0.15) is 0 Å². The molecule has 1 aliphatic heterocycles. The van der Waals surface area contributed by atoms with E-state index < -0.39 is 0 Å². The van der Waals surface area contributed by atoms with E-state index in [1.54, 1.807) is 0 Å². The first-order valence-corrected chi connectivity index (χ1v) is 8.26. The summed E-state index contributed by atoms with van der Waals surface area (Å²) >= 11 is 4.45. The van der Waals surface area contributed by atoms with Crippen molar-refractivity contribution >= 4 is 23.5 Å². The van der Waals surface area contributed by atoms with Crippen molar-refractivity contribution < 1.29 is 0 Å².